The Morgan fingerprint density at radius 1 is 1.26 bits per heavy atom. The number of sulfonamides is 1. The highest BCUT2D eigenvalue weighted by molar-refractivity contribution is 7.89. The largest absolute Gasteiger partial charge is 0.495 e. The normalized spacial score (nSPS) is 15.2. The van der Waals surface area contributed by atoms with E-state index >= 15 is 0 Å². The van der Waals surface area contributed by atoms with Gasteiger partial charge in [-0.3, -0.25) is 4.79 Å². The van der Waals surface area contributed by atoms with Gasteiger partial charge in [0.05, 0.1) is 7.11 Å². The van der Waals surface area contributed by atoms with E-state index in [9.17, 15) is 13.2 Å². The molecule has 0 atom stereocenters. The van der Waals surface area contributed by atoms with Crippen molar-refractivity contribution < 1.29 is 17.9 Å². The van der Waals surface area contributed by atoms with E-state index in [4.69, 9.17) is 4.74 Å². The van der Waals surface area contributed by atoms with E-state index in [2.05, 4.69) is 5.32 Å². The van der Waals surface area contributed by atoms with Gasteiger partial charge >= 0.3 is 0 Å². The summed E-state index contributed by atoms with van der Waals surface area (Å²) in [6.07, 6.45) is 0. The Hall–Kier alpha value is -1.35. The molecule has 0 radical (unpaired) electrons. The minimum atomic E-state index is -3.68. The van der Waals surface area contributed by atoms with Crippen LogP contribution in [0.25, 0.3) is 0 Å². The number of hydrogen-bond donors (Lipinski definition) is 1. The number of piperazine rings is 1. The molecule has 1 aromatic rings. The van der Waals surface area contributed by atoms with Crippen LogP contribution >= 0.6 is 12.4 Å². The summed E-state index contributed by atoms with van der Waals surface area (Å²) >= 11 is 0. The van der Waals surface area contributed by atoms with E-state index in [1.54, 1.807) is 11.0 Å². The Morgan fingerprint density at radius 3 is 2.39 bits per heavy atom. The minimum absolute atomic E-state index is 0. The van der Waals surface area contributed by atoms with Gasteiger partial charge in [-0.2, -0.15) is 0 Å². The van der Waals surface area contributed by atoms with Crippen molar-refractivity contribution in [1.82, 2.24) is 14.5 Å². The molecule has 0 aliphatic carbocycles. The molecule has 1 heterocycles. The molecule has 1 saturated heterocycles. The first-order valence-corrected chi connectivity index (χ1v) is 8.42. The minimum Gasteiger partial charge on any atom is -0.495 e. The smallest absolute Gasteiger partial charge is 0.253 e. The van der Waals surface area contributed by atoms with Gasteiger partial charge in [-0.1, -0.05) is 0 Å². The zero-order valence-corrected chi connectivity index (χ0v) is 15.0. The third kappa shape index (κ3) is 4.14. The lowest BCUT2D eigenvalue weighted by Crippen LogP contribution is -2.46. The van der Waals surface area contributed by atoms with Crippen molar-refractivity contribution in [2.45, 2.75) is 4.90 Å². The number of hydrogen-bond acceptors (Lipinski definition) is 5. The molecular formula is C14H22ClN3O4S. The third-order valence-electron chi connectivity index (χ3n) is 3.57. The summed E-state index contributed by atoms with van der Waals surface area (Å²) in [5, 5.41) is 3.17. The van der Waals surface area contributed by atoms with Crippen LogP contribution in [-0.2, 0) is 10.0 Å². The molecule has 2 rings (SSSR count). The summed E-state index contributed by atoms with van der Waals surface area (Å²) in [7, 11) is 0.611. The number of amides is 1. The number of nitrogens with one attached hydrogen (secondary N) is 1. The molecule has 9 heteroatoms. The second-order valence-electron chi connectivity index (χ2n) is 5.20. The number of ether oxygens (including phenoxy) is 1. The van der Waals surface area contributed by atoms with E-state index < -0.39 is 10.0 Å². The topological polar surface area (TPSA) is 79.0 Å². The van der Waals surface area contributed by atoms with Crippen LogP contribution in [0.15, 0.2) is 23.1 Å². The predicted molar refractivity (Wildman–Crippen MR) is 89.9 cm³/mol. The lowest BCUT2D eigenvalue weighted by Gasteiger charge is -2.27. The van der Waals surface area contributed by atoms with Gasteiger partial charge in [0.1, 0.15) is 10.6 Å². The van der Waals surface area contributed by atoms with E-state index in [1.807, 2.05) is 0 Å². The van der Waals surface area contributed by atoms with Crippen LogP contribution in [-0.4, -0.2) is 70.9 Å². The van der Waals surface area contributed by atoms with Crippen LogP contribution in [0.3, 0.4) is 0 Å². The lowest BCUT2D eigenvalue weighted by molar-refractivity contribution is 0.0735. The van der Waals surface area contributed by atoms with Crippen molar-refractivity contribution in [3.05, 3.63) is 23.8 Å². The number of rotatable bonds is 4. The fourth-order valence-corrected chi connectivity index (χ4v) is 3.33. The number of methoxy groups -OCH3 is 1. The van der Waals surface area contributed by atoms with Crippen LogP contribution in [0.1, 0.15) is 10.4 Å². The average molecular weight is 364 g/mol. The van der Waals surface area contributed by atoms with Gasteiger partial charge in [-0.05, 0) is 18.2 Å². The van der Waals surface area contributed by atoms with Gasteiger partial charge < -0.3 is 15.0 Å². The number of carbonyl (C=O) groups excluding carboxylic acids is 1. The maximum Gasteiger partial charge on any atom is 0.253 e. The summed E-state index contributed by atoms with van der Waals surface area (Å²) in [6, 6.07) is 4.50. The highest BCUT2D eigenvalue weighted by atomic mass is 35.5. The molecule has 130 valence electrons. The Balaban J connectivity index is 0.00000264. The second-order valence-corrected chi connectivity index (χ2v) is 7.32. The van der Waals surface area contributed by atoms with Crippen molar-refractivity contribution in [1.29, 1.82) is 0 Å². The lowest BCUT2D eigenvalue weighted by atomic mass is 10.1. The molecular weight excluding hydrogens is 342 g/mol. The summed E-state index contributed by atoms with van der Waals surface area (Å²) < 4.78 is 31.0. The molecule has 0 unspecified atom stereocenters. The number of benzene rings is 1. The third-order valence-corrected chi connectivity index (χ3v) is 5.41. The Bertz CT molecular complexity index is 658. The Kier molecular flexibility index (Phi) is 6.82. The molecule has 23 heavy (non-hydrogen) atoms. The fraction of sp³-hybridized carbons (Fsp3) is 0.500. The first kappa shape index (κ1) is 19.7. The van der Waals surface area contributed by atoms with Gasteiger partial charge in [0.15, 0.2) is 0 Å². The number of halogens is 1. The molecule has 0 spiro atoms. The number of nitrogens with zero attached hydrogens (tertiary/aromatic N) is 2. The Morgan fingerprint density at radius 2 is 1.87 bits per heavy atom. The highest BCUT2D eigenvalue weighted by Crippen LogP contribution is 2.27. The fourth-order valence-electron chi connectivity index (χ4n) is 2.26. The predicted octanol–water partition coefficient (Wildman–Crippen LogP) is 0.413. The first-order chi connectivity index (χ1) is 10.4. The van der Waals surface area contributed by atoms with Gasteiger partial charge in [0.2, 0.25) is 10.0 Å². The molecule has 0 saturated carbocycles. The van der Waals surface area contributed by atoms with Crippen molar-refractivity contribution in [2.24, 2.45) is 0 Å². The van der Waals surface area contributed by atoms with Crippen molar-refractivity contribution >= 4 is 28.3 Å². The van der Waals surface area contributed by atoms with E-state index in [0.29, 0.717) is 18.7 Å². The first-order valence-electron chi connectivity index (χ1n) is 6.98. The van der Waals surface area contributed by atoms with Gasteiger partial charge in [0, 0.05) is 45.8 Å². The van der Waals surface area contributed by atoms with E-state index in [1.165, 1.54) is 33.3 Å². The molecule has 1 aliphatic heterocycles. The average Bonchev–Trinajstić information content (AvgIpc) is 2.54. The summed E-state index contributed by atoms with van der Waals surface area (Å²) in [4.78, 5) is 14.2. The van der Waals surface area contributed by atoms with E-state index in [-0.39, 0.29) is 29.0 Å². The van der Waals surface area contributed by atoms with Crippen molar-refractivity contribution in [3.8, 4) is 5.75 Å². The molecule has 0 aromatic heterocycles. The molecule has 7 nitrogen and oxygen atoms in total. The van der Waals surface area contributed by atoms with Crippen LogP contribution in [0.2, 0.25) is 0 Å². The van der Waals surface area contributed by atoms with Gasteiger partial charge in [-0.15, -0.1) is 12.4 Å². The van der Waals surface area contributed by atoms with Crippen LogP contribution < -0.4 is 10.1 Å². The quantitative estimate of drug-likeness (QED) is 0.838. The monoisotopic (exact) mass is 363 g/mol. The molecule has 1 amide bonds. The zero-order valence-electron chi connectivity index (χ0n) is 13.4. The molecule has 1 aliphatic rings. The van der Waals surface area contributed by atoms with Crippen LogP contribution in [0, 0.1) is 0 Å². The standard InChI is InChI=1S/C14H21N3O4S.ClH/c1-16(2)22(19,20)13-10-11(4-5-12(13)21-3)14(18)17-8-6-15-7-9-17;/h4-5,10,15H,6-9H2,1-3H3;1H. The zero-order chi connectivity index (χ0) is 16.3. The highest BCUT2D eigenvalue weighted by Gasteiger charge is 2.25. The van der Waals surface area contributed by atoms with Crippen LogP contribution in [0.4, 0.5) is 0 Å². The van der Waals surface area contributed by atoms with Crippen molar-refractivity contribution in [3.63, 3.8) is 0 Å². The van der Waals surface area contributed by atoms with Crippen molar-refractivity contribution in [2.75, 3.05) is 47.4 Å². The van der Waals surface area contributed by atoms with Crippen LogP contribution in [0.5, 0.6) is 5.75 Å². The molecule has 1 aromatic carbocycles. The summed E-state index contributed by atoms with van der Waals surface area (Å²) in [5.74, 6) is 0.0601. The van der Waals surface area contributed by atoms with E-state index in [0.717, 1.165) is 17.4 Å². The molecule has 0 bridgehead atoms. The Labute approximate surface area is 143 Å². The summed E-state index contributed by atoms with van der Waals surface area (Å²) in [6.45, 7) is 2.71. The second kappa shape index (κ2) is 7.96. The molecule has 1 N–H and O–H groups in total. The van der Waals surface area contributed by atoms with Gasteiger partial charge in [-0.25, -0.2) is 12.7 Å². The summed E-state index contributed by atoms with van der Waals surface area (Å²) in [5.41, 5.74) is 0.350. The SMILES string of the molecule is COc1ccc(C(=O)N2CCNCC2)cc1S(=O)(=O)N(C)C.Cl. The maximum atomic E-state index is 12.5. The van der Waals surface area contributed by atoms with Gasteiger partial charge in [0.25, 0.3) is 5.91 Å². The maximum absolute atomic E-state index is 12.5. The molecule has 1 fully saturated rings. The number of carbonyl (C=O) groups is 1.